The standard InChI is InChI=1S/C27H48N2O3S.Na/c1-2-3-4-5-6-7-8-9-10-11-12-13-14-15-16-17-18-19-23-26-28-24-21-20-22-25(27(24)29-26)33(30,31)32;/h20-22,26,28-29H,2-19,23H2,1H3,(H,30,31,32);/q;+1/p-1. The Kier molecular flexibility index (Phi) is 17.7. The molecule has 1 unspecified atom stereocenters. The summed E-state index contributed by atoms with van der Waals surface area (Å²) in [6, 6.07) is 4.79. The molecular formula is C27H47N2NaO3S. The average Bonchev–Trinajstić information content (AvgIpc) is 3.20. The van der Waals surface area contributed by atoms with Crippen molar-refractivity contribution < 1.29 is 42.5 Å². The number of hydrogen-bond donors (Lipinski definition) is 2. The van der Waals surface area contributed by atoms with Crippen LogP contribution in [0.4, 0.5) is 11.4 Å². The summed E-state index contributed by atoms with van der Waals surface area (Å²) < 4.78 is 34.2. The number of anilines is 2. The minimum absolute atomic E-state index is 0. The maximum absolute atomic E-state index is 11.4. The van der Waals surface area contributed by atoms with Crippen molar-refractivity contribution in [2.24, 2.45) is 0 Å². The van der Waals surface area contributed by atoms with Crippen LogP contribution >= 0.6 is 0 Å². The Morgan fingerprint density at radius 3 is 1.59 bits per heavy atom. The largest absolute Gasteiger partial charge is 1.00 e. The fraction of sp³-hybridized carbons (Fsp3) is 0.778. The Morgan fingerprint density at radius 2 is 1.15 bits per heavy atom. The van der Waals surface area contributed by atoms with Gasteiger partial charge in [-0.2, -0.15) is 0 Å². The molecule has 0 aromatic heterocycles. The van der Waals surface area contributed by atoms with Gasteiger partial charge in [0.25, 0.3) is 0 Å². The summed E-state index contributed by atoms with van der Waals surface area (Å²) in [6.07, 6.45) is 25.5. The number of para-hydroxylation sites is 1. The minimum Gasteiger partial charge on any atom is -0.744 e. The number of hydrogen-bond acceptors (Lipinski definition) is 5. The van der Waals surface area contributed by atoms with Gasteiger partial charge in [-0.3, -0.25) is 0 Å². The smallest absolute Gasteiger partial charge is 0.744 e. The van der Waals surface area contributed by atoms with E-state index in [1.54, 1.807) is 6.07 Å². The molecule has 190 valence electrons. The molecule has 0 amide bonds. The van der Waals surface area contributed by atoms with Crippen LogP contribution in [0.15, 0.2) is 23.1 Å². The van der Waals surface area contributed by atoms with Crippen molar-refractivity contribution in [2.75, 3.05) is 10.6 Å². The number of fused-ring (bicyclic) bond motifs is 1. The van der Waals surface area contributed by atoms with E-state index in [2.05, 4.69) is 17.6 Å². The van der Waals surface area contributed by atoms with Crippen LogP contribution in [0, 0.1) is 0 Å². The van der Waals surface area contributed by atoms with Crippen LogP contribution < -0.4 is 40.2 Å². The van der Waals surface area contributed by atoms with Gasteiger partial charge in [0.1, 0.15) is 10.1 Å². The Balaban J connectivity index is 0.00000578. The predicted octanol–water partition coefficient (Wildman–Crippen LogP) is 5.19. The Morgan fingerprint density at radius 1 is 0.706 bits per heavy atom. The van der Waals surface area contributed by atoms with E-state index in [9.17, 15) is 13.0 Å². The molecule has 1 heterocycles. The molecule has 1 atom stereocenters. The molecule has 5 nitrogen and oxygen atoms in total. The molecular weight excluding hydrogens is 455 g/mol. The number of unbranched alkanes of at least 4 members (excludes halogenated alkanes) is 17. The molecule has 1 aliphatic rings. The quantitative estimate of drug-likeness (QED) is 0.146. The van der Waals surface area contributed by atoms with E-state index in [1.807, 2.05) is 6.07 Å². The maximum atomic E-state index is 11.4. The van der Waals surface area contributed by atoms with E-state index in [0.717, 1.165) is 12.8 Å². The first-order valence-corrected chi connectivity index (χ1v) is 15.0. The first-order valence-electron chi connectivity index (χ1n) is 13.6. The van der Waals surface area contributed by atoms with Gasteiger partial charge in [-0.1, -0.05) is 122 Å². The third kappa shape index (κ3) is 13.2. The molecule has 0 saturated heterocycles. The summed E-state index contributed by atoms with van der Waals surface area (Å²) >= 11 is 0. The molecule has 0 aliphatic carbocycles. The Bertz CT molecular complexity index is 758. The zero-order valence-corrected chi connectivity index (χ0v) is 24.7. The normalized spacial score (nSPS) is 14.8. The van der Waals surface area contributed by atoms with E-state index in [-0.39, 0.29) is 40.6 Å². The summed E-state index contributed by atoms with van der Waals surface area (Å²) in [5.41, 5.74) is 1.14. The molecule has 7 heteroatoms. The van der Waals surface area contributed by atoms with E-state index in [1.165, 1.54) is 115 Å². The molecule has 0 fully saturated rings. The first kappa shape index (κ1) is 31.8. The molecule has 1 aromatic rings. The van der Waals surface area contributed by atoms with Crippen molar-refractivity contribution in [3.05, 3.63) is 18.2 Å². The van der Waals surface area contributed by atoms with Gasteiger partial charge >= 0.3 is 29.6 Å². The maximum Gasteiger partial charge on any atom is 1.00 e. The van der Waals surface area contributed by atoms with Crippen molar-refractivity contribution in [3.63, 3.8) is 0 Å². The zero-order chi connectivity index (χ0) is 23.8. The van der Waals surface area contributed by atoms with E-state index >= 15 is 0 Å². The van der Waals surface area contributed by atoms with E-state index in [4.69, 9.17) is 0 Å². The third-order valence-electron chi connectivity index (χ3n) is 6.79. The summed E-state index contributed by atoms with van der Waals surface area (Å²) in [5.74, 6) is 0. The molecule has 0 spiro atoms. The van der Waals surface area contributed by atoms with Gasteiger partial charge in [0.2, 0.25) is 0 Å². The Labute approximate surface area is 231 Å². The minimum atomic E-state index is -4.46. The molecule has 0 bridgehead atoms. The second-order valence-corrected chi connectivity index (χ2v) is 11.1. The van der Waals surface area contributed by atoms with Gasteiger partial charge in [0.15, 0.2) is 0 Å². The Hall–Kier alpha value is -0.270. The summed E-state index contributed by atoms with van der Waals surface area (Å²) in [4.78, 5) is -0.159. The summed E-state index contributed by atoms with van der Waals surface area (Å²) in [7, 11) is -4.46. The summed E-state index contributed by atoms with van der Waals surface area (Å²) in [5, 5.41) is 6.47. The molecule has 0 radical (unpaired) electrons. The van der Waals surface area contributed by atoms with Crippen LogP contribution in [-0.4, -0.2) is 19.1 Å². The SMILES string of the molecule is CCCCCCCCCCCCCCCCCCCCC1Nc2cccc(S(=O)(=O)[O-])c2N1.[Na+]. The van der Waals surface area contributed by atoms with E-state index < -0.39 is 10.1 Å². The van der Waals surface area contributed by atoms with E-state index in [0.29, 0.717) is 11.4 Å². The predicted molar refractivity (Wildman–Crippen MR) is 139 cm³/mol. The average molecular weight is 503 g/mol. The topological polar surface area (TPSA) is 81.3 Å². The van der Waals surface area contributed by atoms with Crippen LogP contribution in [0.2, 0.25) is 0 Å². The van der Waals surface area contributed by atoms with Crippen LogP contribution in [0.5, 0.6) is 0 Å². The molecule has 2 rings (SSSR count). The zero-order valence-electron chi connectivity index (χ0n) is 21.9. The van der Waals surface area contributed by atoms with Gasteiger partial charge in [0, 0.05) is 0 Å². The third-order valence-corrected chi connectivity index (χ3v) is 7.67. The number of nitrogens with one attached hydrogen (secondary N) is 2. The van der Waals surface area contributed by atoms with Crippen LogP contribution in [0.3, 0.4) is 0 Å². The van der Waals surface area contributed by atoms with Gasteiger partial charge in [-0.25, -0.2) is 8.42 Å². The van der Waals surface area contributed by atoms with Crippen molar-refractivity contribution in [2.45, 2.75) is 140 Å². The second-order valence-electron chi connectivity index (χ2n) is 9.77. The summed E-state index contributed by atoms with van der Waals surface area (Å²) in [6.45, 7) is 2.28. The van der Waals surface area contributed by atoms with Crippen molar-refractivity contribution in [1.29, 1.82) is 0 Å². The molecule has 2 N–H and O–H groups in total. The second kappa shape index (κ2) is 18.9. The van der Waals surface area contributed by atoms with Crippen molar-refractivity contribution in [3.8, 4) is 0 Å². The fourth-order valence-electron chi connectivity index (χ4n) is 4.80. The van der Waals surface area contributed by atoms with Gasteiger partial charge < -0.3 is 15.2 Å². The molecule has 34 heavy (non-hydrogen) atoms. The van der Waals surface area contributed by atoms with Crippen LogP contribution in [-0.2, 0) is 10.1 Å². The van der Waals surface area contributed by atoms with Gasteiger partial charge in [-0.15, -0.1) is 0 Å². The van der Waals surface area contributed by atoms with Crippen LogP contribution in [0.25, 0.3) is 0 Å². The number of rotatable bonds is 20. The first-order chi connectivity index (χ1) is 16.0. The molecule has 1 aromatic carbocycles. The van der Waals surface area contributed by atoms with Gasteiger partial charge in [-0.05, 0) is 25.0 Å². The number of benzene rings is 1. The molecule has 1 aliphatic heterocycles. The molecule has 0 saturated carbocycles. The van der Waals surface area contributed by atoms with Crippen LogP contribution in [0.1, 0.15) is 129 Å². The van der Waals surface area contributed by atoms with Gasteiger partial charge in [0.05, 0.1) is 22.4 Å². The monoisotopic (exact) mass is 502 g/mol. The fourth-order valence-corrected chi connectivity index (χ4v) is 5.47. The van der Waals surface area contributed by atoms with Crippen molar-refractivity contribution >= 4 is 21.5 Å². The van der Waals surface area contributed by atoms with Crippen molar-refractivity contribution in [1.82, 2.24) is 0 Å².